The molecule has 0 aromatic rings. The number of amides is 1. The van der Waals surface area contributed by atoms with Crippen molar-refractivity contribution in [2.75, 3.05) is 6.54 Å². The third-order valence-corrected chi connectivity index (χ3v) is 4.20. The average Bonchev–Trinajstić information content (AvgIpc) is 3.19. The first-order chi connectivity index (χ1) is 7.84. The van der Waals surface area contributed by atoms with Gasteiger partial charge in [-0.15, -0.1) is 12.4 Å². The van der Waals surface area contributed by atoms with Crippen LogP contribution >= 0.6 is 12.4 Å². The summed E-state index contributed by atoms with van der Waals surface area (Å²) in [5.41, 5.74) is 0. The van der Waals surface area contributed by atoms with Gasteiger partial charge in [0.15, 0.2) is 0 Å². The van der Waals surface area contributed by atoms with E-state index < -0.39 is 0 Å². The van der Waals surface area contributed by atoms with Crippen molar-refractivity contribution < 1.29 is 4.79 Å². The number of rotatable bonds is 4. The quantitative estimate of drug-likeness (QED) is 0.808. The first kappa shape index (κ1) is 13.2. The Hall–Kier alpha value is -0.280. The number of hydrogen-bond donors (Lipinski definition) is 2. The Bertz CT molecular complexity index is 259. The average molecular weight is 259 g/mol. The maximum Gasteiger partial charge on any atom is 0.237 e. The molecule has 2 saturated carbocycles. The standard InChI is InChI=1S/C13H22N2O.ClH/c16-13(11-3-1-2-8-14-11)15-12(9-4-5-9)10-6-7-10;/h9-12,14H,1-8H2,(H,15,16);1H/t11-;/m1./s1. The zero-order valence-electron chi connectivity index (χ0n) is 10.3. The van der Waals surface area contributed by atoms with Gasteiger partial charge in [-0.1, -0.05) is 6.42 Å². The predicted octanol–water partition coefficient (Wildman–Crippen LogP) is 1.86. The first-order valence-electron chi connectivity index (χ1n) is 6.88. The molecule has 2 N–H and O–H groups in total. The molecule has 98 valence electrons. The Morgan fingerprint density at radius 2 is 1.71 bits per heavy atom. The van der Waals surface area contributed by atoms with E-state index in [-0.39, 0.29) is 24.4 Å². The van der Waals surface area contributed by atoms with Crippen LogP contribution in [0.5, 0.6) is 0 Å². The molecule has 1 saturated heterocycles. The van der Waals surface area contributed by atoms with Gasteiger partial charge >= 0.3 is 0 Å². The van der Waals surface area contributed by atoms with Crippen molar-refractivity contribution in [2.24, 2.45) is 11.8 Å². The summed E-state index contributed by atoms with van der Waals surface area (Å²) in [6, 6.07) is 0.602. The molecule has 1 atom stereocenters. The van der Waals surface area contributed by atoms with E-state index in [0.717, 1.165) is 24.8 Å². The minimum absolute atomic E-state index is 0. The van der Waals surface area contributed by atoms with Gasteiger partial charge in [0, 0.05) is 6.04 Å². The van der Waals surface area contributed by atoms with E-state index in [1.54, 1.807) is 0 Å². The molecule has 0 aromatic heterocycles. The van der Waals surface area contributed by atoms with Crippen molar-refractivity contribution in [3.05, 3.63) is 0 Å². The number of nitrogens with one attached hydrogen (secondary N) is 2. The van der Waals surface area contributed by atoms with Gasteiger partial charge in [-0.25, -0.2) is 0 Å². The predicted molar refractivity (Wildman–Crippen MR) is 70.3 cm³/mol. The van der Waals surface area contributed by atoms with Gasteiger partial charge < -0.3 is 10.6 Å². The van der Waals surface area contributed by atoms with E-state index in [2.05, 4.69) is 10.6 Å². The van der Waals surface area contributed by atoms with Gasteiger partial charge in [0.2, 0.25) is 5.91 Å². The summed E-state index contributed by atoms with van der Waals surface area (Å²) in [7, 11) is 0. The van der Waals surface area contributed by atoms with E-state index in [4.69, 9.17) is 0 Å². The van der Waals surface area contributed by atoms with E-state index in [1.807, 2.05) is 0 Å². The molecule has 1 amide bonds. The lowest BCUT2D eigenvalue weighted by Gasteiger charge is -2.26. The molecule has 3 nitrogen and oxygen atoms in total. The van der Waals surface area contributed by atoms with Crippen molar-refractivity contribution >= 4 is 18.3 Å². The minimum Gasteiger partial charge on any atom is -0.351 e. The smallest absolute Gasteiger partial charge is 0.237 e. The van der Waals surface area contributed by atoms with Crippen LogP contribution in [-0.4, -0.2) is 24.5 Å². The summed E-state index contributed by atoms with van der Waals surface area (Å²) in [6.45, 7) is 1.01. The van der Waals surface area contributed by atoms with Crippen LogP contribution in [0.25, 0.3) is 0 Å². The van der Waals surface area contributed by atoms with E-state index >= 15 is 0 Å². The van der Waals surface area contributed by atoms with Gasteiger partial charge in [0.25, 0.3) is 0 Å². The lowest BCUT2D eigenvalue weighted by Crippen LogP contribution is -2.50. The van der Waals surface area contributed by atoms with Crippen LogP contribution in [0.15, 0.2) is 0 Å². The highest BCUT2D eigenvalue weighted by Crippen LogP contribution is 2.44. The summed E-state index contributed by atoms with van der Waals surface area (Å²) >= 11 is 0. The summed E-state index contributed by atoms with van der Waals surface area (Å²) in [4.78, 5) is 12.1. The summed E-state index contributed by atoms with van der Waals surface area (Å²) < 4.78 is 0. The van der Waals surface area contributed by atoms with Crippen molar-refractivity contribution in [1.82, 2.24) is 10.6 Å². The normalized spacial score (nSPS) is 28.6. The van der Waals surface area contributed by atoms with E-state index in [0.29, 0.717) is 6.04 Å². The highest BCUT2D eigenvalue weighted by molar-refractivity contribution is 5.85. The van der Waals surface area contributed by atoms with Crippen LogP contribution in [-0.2, 0) is 4.79 Å². The molecule has 3 aliphatic rings. The van der Waals surface area contributed by atoms with Crippen LogP contribution in [0.1, 0.15) is 44.9 Å². The maximum absolute atomic E-state index is 12.1. The largest absolute Gasteiger partial charge is 0.351 e. The molecular formula is C13H23ClN2O. The van der Waals surface area contributed by atoms with Crippen molar-refractivity contribution in [2.45, 2.75) is 57.0 Å². The number of piperidine rings is 1. The van der Waals surface area contributed by atoms with Gasteiger partial charge in [-0.2, -0.15) is 0 Å². The molecule has 0 bridgehead atoms. The van der Waals surface area contributed by atoms with Crippen LogP contribution < -0.4 is 10.6 Å². The Balaban J connectivity index is 0.00000108. The molecule has 0 radical (unpaired) electrons. The Kier molecular flexibility index (Phi) is 4.31. The molecule has 4 heteroatoms. The van der Waals surface area contributed by atoms with Gasteiger partial charge in [0.05, 0.1) is 6.04 Å². The second-order valence-electron chi connectivity index (χ2n) is 5.71. The summed E-state index contributed by atoms with van der Waals surface area (Å²) in [5.74, 6) is 1.88. The number of carbonyl (C=O) groups excluding carboxylic acids is 1. The lowest BCUT2D eigenvalue weighted by molar-refractivity contribution is -0.124. The SMILES string of the molecule is Cl.O=C(NC(C1CC1)C1CC1)[C@H]1CCCCN1. The molecule has 0 unspecified atom stereocenters. The zero-order chi connectivity index (χ0) is 11.0. The number of hydrogen-bond acceptors (Lipinski definition) is 2. The highest BCUT2D eigenvalue weighted by Gasteiger charge is 2.42. The second-order valence-corrected chi connectivity index (χ2v) is 5.71. The molecular weight excluding hydrogens is 236 g/mol. The van der Waals surface area contributed by atoms with E-state index in [1.165, 1.54) is 38.5 Å². The van der Waals surface area contributed by atoms with Gasteiger partial charge in [-0.3, -0.25) is 4.79 Å². The van der Waals surface area contributed by atoms with E-state index in [9.17, 15) is 4.79 Å². The van der Waals surface area contributed by atoms with Gasteiger partial charge in [0.1, 0.15) is 0 Å². The fourth-order valence-corrected chi connectivity index (χ4v) is 2.87. The maximum atomic E-state index is 12.1. The van der Waals surface area contributed by atoms with Crippen LogP contribution in [0.3, 0.4) is 0 Å². The van der Waals surface area contributed by atoms with Crippen LogP contribution in [0.2, 0.25) is 0 Å². The topological polar surface area (TPSA) is 41.1 Å². The minimum atomic E-state index is 0. The highest BCUT2D eigenvalue weighted by atomic mass is 35.5. The molecule has 1 aliphatic heterocycles. The third-order valence-electron chi connectivity index (χ3n) is 4.20. The Morgan fingerprint density at radius 3 is 2.18 bits per heavy atom. The summed E-state index contributed by atoms with van der Waals surface area (Å²) in [6.07, 6.45) is 8.77. The second kappa shape index (κ2) is 5.57. The van der Waals surface area contributed by atoms with Crippen molar-refractivity contribution in [3.63, 3.8) is 0 Å². The zero-order valence-corrected chi connectivity index (χ0v) is 11.1. The van der Waals surface area contributed by atoms with Crippen molar-refractivity contribution in [1.29, 1.82) is 0 Å². The number of halogens is 1. The fourth-order valence-electron chi connectivity index (χ4n) is 2.87. The molecule has 0 spiro atoms. The Morgan fingerprint density at radius 1 is 1.06 bits per heavy atom. The molecule has 2 aliphatic carbocycles. The lowest BCUT2D eigenvalue weighted by atomic mass is 10.0. The molecule has 1 heterocycles. The van der Waals surface area contributed by atoms with Crippen LogP contribution in [0.4, 0.5) is 0 Å². The summed E-state index contributed by atoms with van der Waals surface area (Å²) in [5, 5.41) is 6.64. The Labute approximate surface area is 110 Å². The fraction of sp³-hybridized carbons (Fsp3) is 0.923. The molecule has 3 rings (SSSR count). The first-order valence-corrected chi connectivity index (χ1v) is 6.88. The van der Waals surface area contributed by atoms with Crippen molar-refractivity contribution in [3.8, 4) is 0 Å². The molecule has 17 heavy (non-hydrogen) atoms. The molecule has 3 fully saturated rings. The van der Waals surface area contributed by atoms with Gasteiger partial charge in [-0.05, 0) is 56.9 Å². The monoisotopic (exact) mass is 258 g/mol. The number of carbonyl (C=O) groups is 1. The van der Waals surface area contributed by atoms with Crippen LogP contribution in [0, 0.1) is 11.8 Å². The third kappa shape index (κ3) is 3.35. The molecule has 0 aromatic carbocycles.